The van der Waals surface area contributed by atoms with Gasteiger partial charge in [0.05, 0.1) is 26.1 Å². The van der Waals surface area contributed by atoms with Crippen molar-refractivity contribution in [2.75, 3.05) is 36.2 Å². The molecule has 0 fully saturated rings. The molecule has 0 saturated heterocycles. The third kappa shape index (κ3) is 14.7. The monoisotopic (exact) mass is 358 g/mol. The van der Waals surface area contributed by atoms with Crippen molar-refractivity contribution < 1.29 is 19.1 Å². The summed E-state index contributed by atoms with van der Waals surface area (Å²) >= 11 is 7.92. The topological polar surface area (TPSA) is 52.6 Å². The molecule has 4 nitrogen and oxygen atoms in total. The van der Waals surface area contributed by atoms with Crippen molar-refractivity contribution in [2.45, 2.75) is 25.7 Å². The van der Waals surface area contributed by atoms with Gasteiger partial charge in [-0.05, 0) is 12.8 Å². The van der Waals surface area contributed by atoms with E-state index >= 15 is 0 Å². The first-order chi connectivity index (χ1) is 9.70. The number of carbonyl (C=O) groups excluding carboxylic acids is 2. The van der Waals surface area contributed by atoms with E-state index in [4.69, 9.17) is 9.47 Å². The predicted octanol–water partition coefficient (Wildman–Crippen LogP) is 2.87. The van der Waals surface area contributed by atoms with Crippen LogP contribution < -0.4 is 0 Å². The lowest BCUT2D eigenvalue weighted by Crippen LogP contribution is -2.07. The van der Waals surface area contributed by atoms with Gasteiger partial charge in [-0.1, -0.05) is 21.6 Å². The Morgan fingerprint density at radius 3 is 1.55 bits per heavy atom. The van der Waals surface area contributed by atoms with Crippen LogP contribution >= 0.6 is 46.8 Å². The molecule has 0 radical (unpaired) electrons. The second-order valence-electron chi connectivity index (χ2n) is 3.74. The van der Waals surface area contributed by atoms with Crippen molar-refractivity contribution in [3.8, 4) is 0 Å². The molecule has 0 aromatic heterocycles. The molecule has 20 heavy (non-hydrogen) atoms. The standard InChI is InChI=1S/C12H22O4S4/c13-11(3-7-17)15-5-1-9-19-20-10-2-6-16-12(14)4-8-18/h17-18H,1-10H2. The Morgan fingerprint density at radius 2 is 1.20 bits per heavy atom. The zero-order valence-corrected chi connectivity index (χ0v) is 14.8. The summed E-state index contributed by atoms with van der Waals surface area (Å²) in [4.78, 5) is 22.0. The summed E-state index contributed by atoms with van der Waals surface area (Å²) < 4.78 is 10.0. The average molecular weight is 359 g/mol. The number of hydrogen-bond donors (Lipinski definition) is 2. The highest BCUT2D eigenvalue weighted by Gasteiger charge is 2.01. The molecule has 0 saturated carbocycles. The maximum atomic E-state index is 11.0. The summed E-state index contributed by atoms with van der Waals surface area (Å²) in [6, 6.07) is 0. The van der Waals surface area contributed by atoms with E-state index in [0.29, 0.717) is 37.6 Å². The van der Waals surface area contributed by atoms with E-state index in [1.54, 1.807) is 21.6 Å². The molecule has 0 amide bonds. The van der Waals surface area contributed by atoms with E-state index in [9.17, 15) is 9.59 Å². The molecule has 0 aromatic carbocycles. The Morgan fingerprint density at radius 1 is 0.800 bits per heavy atom. The van der Waals surface area contributed by atoms with Crippen LogP contribution in [0.4, 0.5) is 0 Å². The van der Waals surface area contributed by atoms with Crippen molar-refractivity contribution >= 4 is 58.8 Å². The molecule has 0 unspecified atom stereocenters. The van der Waals surface area contributed by atoms with Gasteiger partial charge in [-0.3, -0.25) is 9.59 Å². The maximum Gasteiger partial charge on any atom is 0.306 e. The Balaban J connectivity index is 3.13. The lowest BCUT2D eigenvalue weighted by atomic mass is 10.5. The third-order valence-corrected chi connectivity index (χ3v) is 5.01. The highest BCUT2D eigenvalue weighted by molar-refractivity contribution is 8.76. The number of ether oxygens (including phenoxy) is 2. The molecular formula is C12H22O4S4. The fraction of sp³-hybridized carbons (Fsp3) is 0.833. The minimum absolute atomic E-state index is 0.180. The number of hydrogen-bond acceptors (Lipinski definition) is 8. The Labute approximate surface area is 139 Å². The van der Waals surface area contributed by atoms with Crippen LogP contribution in [0, 0.1) is 0 Å². The molecule has 0 atom stereocenters. The minimum Gasteiger partial charge on any atom is -0.466 e. The number of thiol groups is 2. The van der Waals surface area contributed by atoms with Gasteiger partial charge in [-0.15, -0.1) is 0 Å². The fourth-order valence-electron chi connectivity index (χ4n) is 1.05. The Bertz CT molecular complexity index is 238. The molecule has 0 aliphatic heterocycles. The second kappa shape index (κ2) is 15.7. The SMILES string of the molecule is O=C(CCS)OCCCSSCCCOC(=O)CCS. The predicted molar refractivity (Wildman–Crippen MR) is 93.0 cm³/mol. The molecule has 0 aromatic rings. The fourth-order valence-corrected chi connectivity index (χ4v) is 3.54. The van der Waals surface area contributed by atoms with Gasteiger partial charge in [0.2, 0.25) is 0 Å². The molecule has 0 heterocycles. The van der Waals surface area contributed by atoms with Crippen LogP contribution in [0.3, 0.4) is 0 Å². The van der Waals surface area contributed by atoms with Crippen LogP contribution in [-0.2, 0) is 19.1 Å². The van der Waals surface area contributed by atoms with Crippen LogP contribution in [0.2, 0.25) is 0 Å². The zero-order chi connectivity index (χ0) is 15.1. The van der Waals surface area contributed by atoms with E-state index in [0.717, 1.165) is 24.3 Å². The van der Waals surface area contributed by atoms with Crippen molar-refractivity contribution in [1.29, 1.82) is 0 Å². The van der Waals surface area contributed by atoms with E-state index in [1.165, 1.54) is 0 Å². The Hall–Kier alpha value is 0.340. The van der Waals surface area contributed by atoms with Crippen LogP contribution in [0.5, 0.6) is 0 Å². The number of carbonyl (C=O) groups is 2. The summed E-state index contributed by atoms with van der Waals surface area (Å²) in [5, 5.41) is 0. The molecule has 8 heteroatoms. The zero-order valence-electron chi connectivity index (χ0n) is 11.4. The van der Waals surface area contributed by atoms with Crippen LogP contribution in [0.15, 0.2) is 0 Å². The van der Waals surface area contributed by atoms with E-state index in [2.05, 4.69) is 25.3 Å². The van der Waals surface area contributed by atoms with Gasteiger partial charge in [0.25, 0.3) is 0 Å². The van der Waals surface area contributed by atoms with Crippen molar-refractivity contribution in [3.63, 3.8) is 0 Å². The normalized spacial score (nSPS) is 10.3. The summed E-state index contributed by atoms with van der Waals surface area (Å²) in [6.45, 7) is 0.947. The first kappa shape index (κ1) is 20.3. The van der Waals surface area contributed by atoms with E-state index in [1.807, 2.05) is 0 Å². The van der Waals surface area contributed by atoms with Gasteiger partial charge in [0, 0.05) is 23.0 Å². The van der Waals surface area contributed by atoms with Gasteiger partial charge < -0.3 is 9.47 Å². The highest BCUT2D eigenvalue weighted by atomic mass is 33.1. The molecule has 118 valence electrons. The molecule has 0 aliphatic carbocycles. The summed E-state index contributed by atoms with van der Waals surface area (Å²) in [6.07, 6.45) is 2.45. The molecular weight excluding hydrogens is 336 g/mol. The third-order valence-electron chi connectivity index (χ3n) is 1.99. The lowest BCUT2D eigenvalue weighted by Gasteiger charge is -2.04. The Kier molecular flexibility index (Phi) is 16.0. The van der Waals surface area contributed by atoms with Gasteiger partial charge in [-0.2, -0.15) is 25.3 Å². The second-order valence-corrected chi connectivity index (χ2v) is 7.34. The van der Waals surface area contributed by atoms with Gasteiger partial charge in [0.1, 0.15) is 0 Å². The minimum atomic E-state index is -0.180. The first-order valence-corrected chi connectivity index (χ1v) is 10.2. The number of rotatable bonds is 13. The summed E-state index contributed by atoms with van der Waals surface area (Å²) in [5.74, 6) is 2.59. The van der Waals surface area contributed by atoms with Gasteiger partial charge in [0.15, 0.2) is 0 Å². The lowest BCUT2D eigenvalue weighted by molar-refractivity contribution is -0.144. The van der Waals surface area contributed by atoms with Crippen LogP contribution in [0.25, 0.3) is 0 Å². The number of esters is 2. The smallest absolute Gasteiger partial charge is 0.306 e. The average Bonchev–Trinajstić information content (AvgIpc) is 2.41. The quantitative estimate of drug-likeness (QED) is 0.228. The molecule has 0 rings (SSSR count). The molecule has 0 aliphatic rings. The molecule has 0 spiro atoms. The highest BCUT2D eigenvalue weighted by Crippen LogP contribution is 2.22. The van der Waals surface area contributed by atoms with Gasteiger partial charge in [-0.25, -0.2) is 0 Å². The summed E-state index contributed by atoms with van der Waals surface area (Å²) in [5.41, 5.74) is 0. The molecule has 0 bridgehead atoms. The van der Waals surface area contributed by atoms with Crippen LogP contribution in [0.1, 0.15) is 25.7 Å². The van der Waals surface area contributed by atoms with Crippen LogP contribution in [-0.4, -0.2) is 48.2 Å². The largest absolute Gasteiger partial charge is 0.466 e. The van der Waals surface area contributed by atoms with Gasteiger partial charge >= 0.3 is 11.9 Å². The maximum absolute atomic E-state index is 11.0. The summed E-state index contributed by atoms with van der Waals surface area (Å²) in [7, 11) is 3.49. The first-order valence-electron chi connectivity index (χ1n) is 6.48. The van der Waals surface area contributed by atoms with E-state index < -0.39 is 0 Å². The van der Waals surface area contributed by atoms with Crippen molar-refractivity contribution in [1.82, 2.24) is 0 Å². The van der Waals surface area contributed by atoms with E-state index in [-0.39, 0.29) is 11.9 Å². The molecule has 0 N–H and O–H groups in total. The van der Waals surface area contributed by atoms with Crippen molar-refractivity contribution in [3.05, 3.63) is 0 Å². The van der Waals surface area contributed by atoms with Crippen molar-refractivity contribution in [2.24, 2.45) is 0 Å².